The van der Waals surface area contributed by atoms with Crippen LogP contribution in [0.2, 0.25) is 0 Å². The van der Waals surface area contributed by atoms with Crippen molar-refractivity contribution in [1.29, 1.82) is 0 Å². The lowest BCUT2D eigenvalue weighted by atomic mass is 9.47. The molecule has 7 heteroatoms. The van der Waals surface area contributed by atoms with Crippen molar-refractivity contribution in [2.75, 3.05) is 6.61 Å². The van der Waals surface area contributed by atoms with Crippen LogP contribution in [0.15, 0.2) is 36.0 Å². The molecule has 1 aliphatic heterocycles. The van der Waals surface area contributed by atoms with E-state index in [1.807, 2.05) is 0 Å². The molecule has 0 bridgehead atoms. The topological polar surface area (TPSA) is 105 Å². The third-order valence-electron chi connectivity index (χ3n) is 17.1. The van der Waals surface area contributed by atoms with Gasteiger partial charge in [-0.05, 0) is 142 Å². The van der Waals surface area contributed by atoms with Gasteiger partial charge in [0.05, 0.1) is 6.10 Å². The quantitative estimate of drug-likeness (QED) is 0.0477. The number of allylic oxidation sites excluding steroid dienone is 5. The molecule has 0 radical (unpaired) electrons. The van der Waals surface area contributed by atoms with Gasteiger partial charge >= 0.3 is 5.97 Å². The highest BCUT2D eigenvalue weighted by Gasteiger charge is 2.59. The van der Waals surface area contributed by atoms with E-state index in [1.165, 1.54) is 95.5 Å². The van der Waals surface area contributed by atoms with Gasteiger partial charge in [0.2, 0.25) is 0 Å². The Morgan fingerprint density at radius 1 is 0.803 bits per heavy atom. The van der Waals surface area contributed by atoms with Crippen LogP contribution in [0.3, 0.4) is 0 Å². The number of ether oxygens (including phenoxy) is 3. The molecule has 0 spiro atoms. The summed E-state index contributed by atoms with van der Waals surface area (Å²) in [6.45, 7) is 16.7. The van der Waals surface area contributed by atoms with Crippen LogP contribution in [0.4, 0.5) is 0 Å². The number of carbonyl (C=O) groups excluding carboxylic acids is 1. The highest BCUT2D eigenvalue weighted by Crippen LogP contribution is 2.67. The smallest absolute Gasteiger partial charge is 0.305 e. The fourth-order valence-electron chi connectivity index (χ4n) is 13.1. The van der Waals surface area contributed by atoms with Crippen LogP contribution in [0.5, 0.6) is 0 Å². The molecular formula is C54H92O7. The Balaban J connectivity index is 1.01. The molecule has 1 saturated heterocycles. The zero-order valence-electron chi connectivity index (χ0n) is 40.0. The van der Waals surface area contributed by atoms with Gasteiger partial charge in [0.15, 0.2) is 6.29 Å². The molecule has 0 amide bonds. The van der Waals surface area contributed by atoms with E-state index < -0.39 is 30.7 Å². The van der Waals surface area contributed by atoms with E-state index in [2.05, 4.69) is 78.8 Å². The molecule has 61 heavy (non-hydrogen) atoms. The van der Waals surface area contributed by atoms with Crippen LogP contribution >= 0.6 is 0 Å². The third kappa shape index (κ3) is 13.3. The monoisotopic (exact) mass is 853 g/mol. The first-order valence-electron chi connectivity index (χ1n) is 25.9. The van der Waals surface area contributed by atoms with Crippen molar-refractivity contribution in [3.8, 4) is 0 Å². The largest absolute Gasteiger partial charge is 0.463 e. The van der Waals surface area contributed by atoms with Crippen LogP contribution in [0.1, 0.15) is 203 Å². The molecule has 1 heterocycles. The van der Waals surface area contributed by atoms with Crippen molar-refractivity contribution in [3.63, 3.8) is 0 Å². The molecule has 4 aliphatic carbocycles. The average Bonchev–Trinajstić information content (AvgIpc) is 3.60. The maximum absolute atomic E-state index is 12.6. The summed E-state index contributed by atoms with van der Waals surface area (Å²) in [5, 5.41) is 32.6. The normalized spacial score (nSPS) is 36.1. The average molecular weight is 853 g/mol. The lowest BCUT2D eigenvalue weighted by molar-refractivity contribution is -0.313. The van der Waals surface area contributed by atoms with E-state index in [4.69, 9.17) is 14.2 Å². The van der Waals surface area contributed by atoms with E-state index in [0.717, 1.165) is 75.5 Å². The minimum Gasteiger partial charge on any atom is -0.463 e. The SMILES string of the molecule is CCCCCCCCC/C=C\CCCCCCCC(=O)OCC1OC(OC2CCC3(C)C(=CCC4C3CCC3(C)C(C(C)/C=C/C(CC)C(C)C)CCC43)C2)C(O)C(O)C1O. The first-order valence-corrected chi connectivity index (χ1v) is 25.9. The Hall–Kier alpha value is -1.51. The molecule has 7 nitrogen and oxygen atoms in total. The minimum atomic E-state index is -1.45. The zero-order valence-corrected chi connectivity index (χ0v) is 40.0. The molecule has 5 aliphatic rings. The molecule has 0 aromatic heterocycles. The van der Waals surface area contributed by atoms with Crippen molar-refractivity contribution in [2.24, 2.45) is 52.3 Å². The van der Waals surface area contributed by atoms with E-state index in [0.29, 0.717) is 35.5 Å². The fraction of sp³-hybridized carbons (Fsp3) is 0.870. The Labute approximate surface area is 373 Å². The summed E-state index contributed by atoms with van der Waals surface area (Å²) in [6.07, 6.45) is 33.6. The van der Waals surface area contributed by atoms with Crippen LogP contribution in [0.25, 0.3) is 0 Å². The fourth-order valence-corrected chi connectivity index (χ4v) is 13.1. The van der Waals surface area contributed by atoms with Gasteiger partial charge in [-0.1, -0.05) is 142 Å². The van der Waals surface area contributed by atoms with Gasteiger partial charge in [0.25, 0.3) is 0 Å². The second-order valence-corrected chi connectivity index (χ2v) is 21.4. The number of unbranched alkanes of at least 4 members (excludes halogenated alkanes) is 12. The summed E-state index contributed by atoms with van der Waals surface area (Å²) >= 11 is 0. The maximum Gasteiger partial charge on any atom is 0.305 e. The predicted molar refractivity (Wildman–Crippen MR) is 249 cm³/mol. The second-order valence-electron chi connectivity index (χ2n) is 21.4. The second kappa shape index (κ2) is 24.7. The number of hydrogen-bond acceptors (Lipinski definition) is 7. The molecule has 5 rings (SSSR count). The number of rotatable bonds is 25. The standard InChI is InChI=1S/C54H92O7/c1-8-10-11-12-13-14-15-16-17-18-19-20-21-22-23-24-25-48(55)59-37-47-49(56)50(57)51(58)52(61-47)60-42-32-34-53(6)41(36-42)28-29-43-45-31-30-44(54(45,7)35-33-46(43)53)39(5)26-27-40(9-2)38(3)4/h17-18,26-28,38-40,42-47,49-52,56-58H,8-16,19-25,29-37H2,1-7H3/b18-17-,27-26+. The first kappa shape index (κ1) is 50.5. The molecule has 0 aromatic rings. The van der Waals surface area contributed by atoms with Crippen LogP contribution in [0, 0.1) is 52.3 Å². The predicted octanol–water partition coefficient (Wildman–Crippen LogP) is 12.6. The molecule has 350 valence electrons. The van der Waals surface area contributed by atoms with Crippen LogP contribution < -0.4 is 0 Å². The van der Waals surface area contributed by atoms with E-state index in [9.17, 15) is 20.1 Å². The van der Waals surface area contributed by atoms with Gasteiger partial charge in [-0.3, -0.25) is 4.79 Å². The Bertz CT molecular complexity index is 1390. The van der Waals surface area contributed by atoms with Crippen LogP contribution in [-0.2, 0) is 19.0 Å². The van der Waals surface area contributed by atoms with Gasteiger partial charge < -0.3 is 29.5 Å². The molecule has 3 N–H and O–H groups in total. The van der Waals surface area contributed by atoms with Crippen LogP contribution in [-0.4, -0.2) is 64.7 Å². The first-order chi connectivity index (χ1) is 29.3. The number of aliphatic hydroxyl groups excluding tert-OH is 3. The summed E-state index contributed by atoms with van der Waals surface area (Å²) in [5.74, 6) is 4.60. The minimum absolute atomic E-state index is 0.151. The number of fused-ring (bicyclic) bond motifs is 5. The van der Waals surface area contributed by atoms with Crippen molar-refractivity contribution in [1.82, 2.24) is 0 Å². The number of carbonyl (C=O) groups is 1. The number of aliphatic hydroxyl groups is 3. The number of hydrogen-bond donors (Lipinski definition) is 3. The van der Waals surface area contributed by atoms with E-state index in [1.54, 1.807) is 0 Å². The Kier molecular flexibility index (Phi) is 20.4. The number of esters is 1. The van der Waals surface area contributed by atoms with E-state index in [-0.39, 0.29) is 24.1 Å². The zero-order chi connectivity index (χ0) is 44.0. The van der Waals surface area contributed by atoms with Crippen molar-refractivity contribution >= 4 is 5.97 Å². The molecule has 4 fully saturated rings. The Morgan fingerprint density at radius 3 is 2.15 bits per heavy atom. The lowest BCUT2D eigenvalue weighted by Gasteiger charge is -2.58. The van der Waals surface area contributed by atoms with Gasteiger partial charge in [-0.15, -0.1) is 0 Å². The highest BCUT2D eigenvalue weighted by molar-refractivity contribution is 5.69. The molecule has 14 unspecified atom stereocenters. The summed E-state index contributed by atoms with van der Waals surface area (Å²) in [6, 6.07) is 0. The molecule has 3 saturated carbocycles. The van der Waals surface area contributed by atoms with Crippen molar-refractivity contribution < 1.29 is 34.3 Å². The summed E-state index contributed by atoms with van der Waals surface area (Å²) < 4.78 is 18.0. The molecule has 14 atom stereocenters. The maximum atomic E-state index is 12.6. The summed E-state index contributed by atoms with van der Waals surface area (Å²) in [4.78, 5) is 12.6. The summed E-state index contributed by atoms with van der Waals surface area (Å²) in [7, 11) is 0. The van der Waals surface area contributed by atoms with Gasteiger partial charge in [-0.25, -0.2) is 0 Å². The van der Waals surface area contributed by atoms with Gasteiger partial charge in [-0.2, -0.15) is 0 Å². The molecule has 0 aromatic carbocycles. The van der Waals surface area contributed by atoms with Gasteiger partial charge in [0.1, 0.15) is 31.0 Å². The van der Waals surface area contributed by atoms with Crippen molar-refractivity contribution in [2.45, 2.75) is 239 Å². The summed E-state index contributed by atoms with van der Waals surface area (Å²) in [5.41, 5.74) is 2.05. The lowest BCUT2D eigenvalue weighted by Crippen LogP contribution is -2.60. The van der Waals surface area contributed by atoms with Crippen molar-refractivity contribution in [3.05, 3.63) is 36.0 Å². The van der Waals surface area contributed by atoms with E-state index >= 15 is 0 Å². The Morgan fingerprint density at radius 2 is 1.48 bits per heavy atom. The molecular weight excluding hydrogens is 761 g/mol. The third-order valence-corrected chi connectivity index (χ3v) is 17.1. The highest BCUT2D eigenvalue weighted by atomic mass is 16.7. The van der Waals surface area contributed by atoms with Gasteiger partial charge in [0, 0.05) is 6.42 Å².